The van der Waals surface area contributed by atoms with E-state index in [2.05, 4.69) is 5.32 Å². The van der Waals surface area contributed by atoms with Crippen molar-refractivity contribution in [1.29, 1.82) is 5.41 Å². The number of hydrogen-bond acceptors (Lipinski definition) is 2. The van der Waals surface area contributed by atoms with E-state index in [9.17, 15) is 9.18 Å². The summed E-state index contributed by atoms with van der Waals surface area (Å²) in [5.74, 6) is 0.102. The van der Waals surface area contributed by atoms with Crippen molar-refractivity contribution < 1.29 is 9.18 Å². The highest BCUT2D eigenvalue weighted by Crippen LogP contribution is 2.22. The molecule has 1 heterocycles. The van der Waals surface area contributed by atoms with E-state index in [1.165, 1.54) is 17.7 Å². The maximum absolute atomic E-state index is 13.0. The minimum Gasteiger partial charge on any atom is -0.368 e. The van der Waals surface area contributed by atoms with Crippen LogP contribution in [-0.2, 0) is 17.9 Å². The van der Waals surface area contributed by atoms with Crippen LogP contribution in [0.3, 0.4) is 0 Å². The van der Waals surface area contributed by atoms with E-state index in [1.807, 2.05) is 31.2 Å². The molecule has 2 aromatic carbocycles. The lowest BCUT2D eigenvalue weighted by Gasteiger charge is -2.26. The first kappa shape index (κ1) is 17.1. The Labute approximate surface area is 147 Å². The summed E-state index contributed by atoms with van der Waals surface area (Å²) in [4.78, 5) is 13.9. The number of likely N-dealkylation sites (tertiary alicyclic amines) is 1. The number of aryl methyl sites for hydroxylation is 1. The van der Waals surface area contributed by atoms with Gasteiger partial charge in [0.2, 0.25) is 5.91 Å². The fourth-order valence-corrected chi connectivity index (χ4v) is 3.04. The third-order valence-electron chi connectivity index (χ3n) is 4.53. The quantitative estimate of drug-likeness (QED) is 0.648. The highest BCUT2D eigenvalue weighted by molar-refractivity contribution is 5.92. The molecule has 1 aliphatic heterocycles. The lowest BCUT2D eigenvalue weighted by atomic mass is 10.1. The van der Waals surface area contributed by atoms with Crippen LogP contribution in [0.4, 0.5) is 4.39 Å². The third-order valence-corrected chi connectivity index (χ3v) is 4.53. The molecule has 1 saturated heterocycles. The summed E-state index contributed by atoms with van der Waals surface area (Å²) < 4.78 is 13.0. The summed E-state index contributed by atoms with van der Waals surface area (Å²) in [5.41, 5.74) is 3.17. The standard InChI is InChI=1S/C20H22FN3O/c1-14-2-4-15(5-3-14)12-23-20(22)18-10-11-19(25)24(18)13-16-6-8-17(21)9-7-16/h2-9,18H,10-13H2,1H3,(H2,22,23). The predicted octanol–water partition coefficient (Wildman–Crippen LogP) is 3.39. The van der Waals surface area contributed by atoms with Gasteiger partial charge in [-0.05, 0) is 36.6 Å². The van der Waals surface area contributed by atoms with E-state index in [1.54, 1.807) is 17.0 Å². The Balaban J connectivity index is 1.62. The van der Waals surface area contributed by atoms with Gasteiger partial charge in [0.05, 0.1) is 6.04 Å². The van der Waals surface area contributed by atoms with Crippen molar-refractivity contribution in [2.24, 2.45) is 0 Å². The number of nitrogens with one attached hydrogen (secondary N) is 2. The lowest BCUT2D eigenvalue weighted by Crippen LogP contribution is -2.43. The maximum Gasteiger partial charge on any atom is 0.223 e. The Bertz CT molecular complexity index is 756. The van der Waals surface area contributed by atoms with E-state index in [-0.39, 0.29) is 17.8 Å². The van der Waals surface area contributed by atoms with Crippen LogP contribution >= 0.6 is 0 Å². The predicted molar refractivity (Wildman–Crippen MR) is 95.7 cm³/mol. The molecule has 2 aromatic rings. The highest BCUT2D eigenvalue weighted by atomic mass is 19.1. The fraction of sp³-hybridized carbons (Fsp3) is 0.300. The van der Waals surface area contributed by atoms with Gasteiger partial charge in [0.15, 0.2) is 0 Å². The fourth-order valence-electron chi connectivity index (χ4n) is 3.04. The van der Waals surface area contributed by atoms with Gasteiger partial charge in [-0.3, -0.25) is 10.2 Å². The molecule has 0 bridgehead atoms. The summed E-state index contributed by atoms with van der Waals surface area (Å²) in [6, 6.07) is 14.1. The smallest absolute Gasteiger partial charge is 0.223 e. The topological polar surface area (TPSA) is 56.2 Å². The number of rotatable bonds is 5. The van der Waals surface area contributed by atoms with Crippen molar-refractivity contribution in [1.82, 2.24) is 10.2 Å². The van der Waals surface area contributed by atoms with Crippen molar-refractivity contribution in [3.63, 3.8) is 0 Å². The van der Waals surface area contributed by atoms with Gasteiger partial charge in [0.1, 0.15) is 11.7 Å². The Morgan fingerprint density at radius 1 is 1.16 bits per heavy atom. The molecule has 1 amide bonds. The van der Waals surface area contributed by atoms with Gasteiger partial charge in [0, 0.05) is 19.5 Å². The zero-order valence-corrected chi connectivity index (χ0v) is 14.3. The van der Waals surface area contributed by atoms with E-state index in [4.69, 9.17) is 5.41 Å². The molecule has 25 heavy (non-hydrogen) atoms. The molecule has 1 fully saturated rings. The molecule has 0 aliphatic carbocycles. The average Bonchev–Trinajstić information content (AvgIpc) is 2.97. The largest absolute Gasteiger partial charge is 0.368 e. The van der Waals surface area contributed by atoms with Gasteiger partial charge < -0.3 is 10.2 Å². The van der Waals surface area contributed by atoms with Crippen molar-refractivity contribution in [2.75, 3.05) is 0 Å². The molecule has 0 aromatic heterocycles. The number of carbonyl (C=O) groups excluding carboxylic acids is 1. The van der Waals surface area contributed by atoms with Gasteiger partial charge in [-0.25, -0.2) is 4.39 Å². The van der Waals surface area contributed by atoms with Crippen LogP contribution in [0, 0.1) is 18.2 Å². The molecule has 1 atom stereocenters. The van der Waals surface area contributed by atoms with Crippen LogP contribution < -0.4 is 5.32 Å². The number of carbonyl (C=O) groups is 1. The molecule has 3 rings (SSSR count). The zero-order valence-electron chi connectivity index (χ0n) is 14.3. The van der Waals surface area contributed by atoms with Crippen LogP contribution in [0.25, 0.3) is 0 Å². The minimum absolute atomic E-state index is 0.0382. The Hall–Kier alpha value is -2.69. The maximum atomic E-state index is 13.0. The second kappa shape index (κ2) is 7.47. The van der Waals surface area contributed by atoms with Gasteiger partial charge in [0.25, 0.3) is 0 Å². The van der Waals surface area contributed by atoms with E-state index >= 15 is 0 Å². The molecule has 1 aliphatic rings. The monoisotopic (exact) mass is 339 g/mol. The Morgan fingerprint density at radius 3 is 2.48 bits per heavy atom. The van der Waals surface area contributed by atoms with Gasteiger partial charge in [-0.15, -0.1) is 0 Å². The first-order chi connectivity index (χ1) is 12.0. The summed E-state index contributed by atoms with van der Waals surface area (Å²) in [6.07, 6.45) is 1.08. The van der Waals surface area contributed by atoms with Crippen molar-refractivity contribution in [3.8, 4) is 0 Å². The van der Waals surface area contributed by atoms with Crippen LogP contribution in [0.1, 0.15) is 29.5 Å². The number of benzene rings is 2. The van der Waals surface area contributed by atoms with E-state index in [0.717, 1.165) is 11.1 Å². The lowest BCUT2D eigenvalue weighted by molar-refractivity contribution is -0.128. The highest BCUT2D eigenvalue weighted by Gasteiger charge is 2.33. The molecule has 130 valence electrons. The first-order valence-electron chi connectivity index (χ1n) is 8.45. The summed E-state index contributed by atoms with van der Waals surface area (Å²) in [5, 5.41) is 11.5. The molecular weight excluding hydrogens is 317 g/mol. The van der Waals surface area contributed by atoms with Crippen LogP contribution in [0.2, 0.25) is 0 Å². The number of amides is 1. The van der Waals surface area contributed by atoms with Gasteiger partial charge in [-0.2, -0.15) is 0 Å². The van der Waals surface area contributed by atoms with E-state index in [0.29, 0.717) is 31.8 Å². The Kier molecular flexibility index (Phi) is 5.12. The van der Waals surface area contributed by atoms with Gasteiger partial charge >= 0.3 is 0 Å². The van der Waals surface area contributed by atoms with Crippen molar-refractivity contribution >= 4 is 11.7 Å². The number of nitrogens with zero attached hydrogens (tertiary/aromatic N) is 1. The van der Waals surface area contributed by atoms with Gasteiger partial charge in [-0.1, -0.05) is 42.0 Å². The van der Waals surface area contributed by atoms with Crippen molar-refractivity contribution in [2.45, 2.75) is 38.9 Å². The first-order valence-corrected chi connectivity index (χ1v) is 8.45. The zero-order chi connectivity index (χ0) is 17.8. The van der Waals surface area contributed by atoms with Crippen LogP contribution in [0.5, 0.6) is 0 Å². The van der Waals surface area contributed by atoms with Crippen LogP contribution in [-0.4, -0.2) is 22.7 Å². The number of halogens is 1. The minimum atomic E-state index is -0.291. The molecule has 2 N–H and O–H groups in total. The number of amidine groups is 1. The third kappa shape index (κ3) is 4.24. The molecule has 0 spiro atoms. The van der Waals surface area contributed by atoms with Crippen LogP contribution in [0.15, 0.2) is 48.5 Å². The molecule has 4 nitrogen and oxygen atoms in total. The second-order valence-corrected chi connectivity index (χ2v) is 6.46. The summed E-state index contributed by atoms with van der Waals surface area (Å²) >= 11 is 0. The molecular formula is C20H22FN3O. The van der Waals surface area contributed by atoms with E-state index < -0.39 is 0 Å². The molecule has 1 unspecified atom stereocenters. The second-order valence-electron chi connectivity index (χ2n) is 6.46. The SMILES string of the molecule is Cc1ccc(CNC(=N)C2CCC(=O)N2Cc2ccc(F)cc2)cc1. The normalized spacial score (nSPS) is 17.0. The summed E-state index contributed by atoms with van der Waals surface area (Å²) in [7, 11) is 0. The molecule has 0 saturated carbocycles. The summed E-state index contributed by atoms with van der Waals surface area (Å²) in [6.45, 7) is 3.00. The van der Waals surface area contributed by atoms with Crippen molar-refractivity contribution in [3.05, 3.63) is 71.0 Å². The molecule has 5 heteroatoms. The molecule has 0 radical (unpaired) electrons. The number of hydrogen-bond donors (Lipinski definition) is 2. The Morgan fingerprint density at radius 2 is 1.80 bits per heavy atom. The average molecular weight is 339 g/mol.